The van der Waals surface area contributed by atoms with Gasteiger partial charge >= 0.3 is 11.9 Å². The number of hydrogen-bond acceptors (Lipinski definition) is 7. The van der Waals surface area contributed by atoms with Gasteiger partial charge in [-0.3, -0.25) is 0 Å². The summed E-state index contributed by atoms with van der Waals surface area (Å²) in [6, 6.07) is 16.0. The quantitative estimate of drug-likeness (QED) is 0.312. The third kappa shape index (κ3) is 4.32. The minimum atomic E-state index is -1.45. The number of aromatic amines is 1. The van der Waals surface area contributed by atoms with Gasteiger partial charge in [-0.2, -0.15) is 0 Å². The number of nitro groups is 1. The number of rotatable bonds is 8. The number of aromatic nitrogens is 2. The number of imidazole rings is 1. The van der Waals surface area contributed by atoms with Crippen molar-refractivity contribution in [1.82, 2.24) is 15.3 Å². The molecule has 0 aliphatic heterocycles. The Morgan fingerprint density at radius 2 is 1.78 bits per heavy atom. The highest BCUT2D eigenvalue weighted by Crippen LogP contribution is 2.44. The first kappa shape index (κ1) is 21.5. The van der Waals surface area contributed by atoms with Crippen molar-refractivity contribution in [3.05, 3.63) is 81.8 Å². The lowest BCUT2D eigenvalue weighted by molar-refractivity contribution is -0.389. The summed E-state index contributed by atoms with van der Waals surface area (Å²) < 4.78 is 5.41. The second-order valence-corrected chi connectivity index (χ2v) is 7.46. The summed E-state index contributed by atoms with van der Waals surface area (Å²) in [5.41, 5.74) is 4.47. The van der Waals surface area contributed by atoms with Crippen LogP contribution in [-0.2, 0) is 4.74 Å². The second-order valence-electron chi connectivity index (χ2n) is 7.46. The number of carbonyl (C=O) groups is 1. The largest absolute Gasteiger partial charge is 0.449 e. The molecule has 10 heteroatoms. The van der Waals surface area contributed by atoms with E-state index in [9.17, 15) is 25.1 Å². The normalized spacial score (nSPS) is 14.3. The number of aliphatic hydroxyl groups excluding tert-OH is 2. The molecule has 4 N–H and O–H groups in total. The topological polar surface area (TPSA) is 151 Å². The van der Waals surface area contributed by atoms with Crippen LogP contribution in [0.2, 0.25) is 0 Å². The zero-order valence-electron chi connectivity index (χ0n) is 17.0. The Hall–Kier alpha value is -3.76. The predicted molar refractivity (Wildman–Crippen MR) is 114 cm³/mol. The molecule has 0 bridgehead atoms. The maximum Gasteiger partial charge on any atom is 0.407 e. The third-order valence-electron chi connectivity index (χ3n) is 5.48. The number of nitrogens with one attached hydrogen (secondary N) is 2. The minimum Gasteiger partial charge on any atom is -0.449 e. The molecule has 4 rings (SSSR count). The molecule has 1 aromatic heterocycles. The maximum atomic E-state index is 12.2. The van der Waals surface area contributed by atoms with E-state index in [2.05, 4.69) is 27.4 Å². The van der Waals surface area contributed by atoms with E-state index in [0.717, 1.165) is 28.5 Å². The van der Waals surface area contributed by atoms with Gasteiger partial charge in [0.25, 0.3) is 0 Å². The molecular weight excluding hydrogens is 416 g/mol. The molecule has 0 saturated carbocycles. The number of nitrogens with zero attached hydrogens (tertiary/aromatic N) is 2. The van der Waals surface area contributed by atoms with Crippen molar-refractivity contribution < 1.29 is 24.7 Å². The number of amides is 1. The number of alkyl carbamates (subject to hydrolysis) is 1. The molecule has 1 amide bonds. The lowest BCUT2D eigenvalue weighted by Crippen LogP contribution is -2.31. The fourth-order valence-corrected chi connectivity index (χ4v) is 3.88. The molecule has 1 heterocycles. The van der Waals surface area contributed by atoms with E-state index in [4.69, 9.17) is 4.74 Å². The molecular formula is C22H22N4O6. The third-order valence-corrected chi connectivity index (χ3v) is 5.48. The second kappa shape index (κ2) is 9.16. The molecule has 166 valence electrons. The van der Waals surface area contributed by atoms with Gasteiger partial charge in [0.15, 0.2) is 6.10 Å². The van der Waals surface area contributed by atoms with Crippen molar-refractivity contribution in [2.75, 3.05) is 13.2 Å². The summed E-state index contributed by atoms with van der Waals surface area (Å²) in [5, 5.41) is 33.4. The van der Waals surface area contributed by atoms with Gasteiger partial charge in [0.2, 0.25) is 5.82 Å². The number of carbonyl (C=O) groups excluding carboxylic acids is 1. The number of ether oxygens (including phenoxy) is 1. The molecule has 2 atom stereocenters. The van der Waals surface area contributed by atoms with Crippen LogP contribution in [0.4, 0.5) is 10.6 Å². The summed E-state index contributed by atoms with van der Waals surface area (Å²) in [7, 11) is 0. The van der Waals surface area contributed by atoms with Crippen molar-refractivity contribution in [2.24, 2.45) is 0 Å². The highest BCUT2D eigenvalue weighted by molar-refractivity contribution is 5.79. The lowest BCUT2D eigenvalue weighted by atomic mass is 9.98. The molecule has 1 aliphatic rings. The Morgan fingerprint density at radius 1 is 1.16 bits per heavy atom. The maximum absolute atomic E-state index is 12.2. The molecule has 1 aliphatic carbocycles. The lowest BCUT2D eigenvalue weighted by Gasteiger charge is -2.16. The van der Waals surface area contributed by atoms with Gasteiger partial charge in [-0.15, -0.1) is 0 Å². The minimum absolute atomic E-state index is 0.000139. The highest BCUT2D eigenvalue weighted by Gasteiger charge is 2.29. The van der Waals surface area contributed by atoms with Crippen LogP contribution in [-0.4, -0.2) is 50.5 Å². The first-order valence-corrected chi connectivity index (χ1v) is 10.1. The summed E-state index contributed by atoms with van der Waals surface area (Å²) >= 11 is 0. The fraction of sp³-hybridized carbons (Fsp3) is 0.273. The van der Waals surface area contributed by atoms with Gasteiger partial charge in [-0.1, -0.05) is 48.5 Å². The van der Waals surface area contributed by atoms with Gasteiger partial charge in [-0.25, -0.2) is 14.8 Å². The van der Waals surface area contributed by atoms with E-state index in [1.165, 1.54) is 0 Å². The van der Waals surface area contributed by atoms with Crippen LogP contribution in [0.15, 0.2) is 54.7 Å². The van der Waals surface area contributed by atoms with E-state index in [-0.39, 0.29) is 37.1 Å². The number of aliphatic hydroxyl groups is 2. The molecule has 2 aromatic carbocycles. The smallest absolute Gasteiger partial charge is 0.407 e. The summed E-state index contributed by atoms with van der Waals surface area (Å²) in [6.07, 6.45) is -2.41. The van der Waals surface area contributed by atoms with Crippen molar-refractivity contribution in [1.29, 1.82) is 0 Å². The molecule has 3 aromatic rings. The standard InChI is InChI=1S/C22H22N4O6/c27-18(20(28)21-24-11-19(25-21)26(30)31)9-10-23-22(29)32-12-17-15-7-3-1-5-13(15)14-6-2-4-8-16(14)17/h1-8,11,17-18,20,27-28H,9-10,12H2,(H,23,29)(H,24,25). The molecule has 0 saturated heterocycles. The zero-order chi connectivity index (χ0) is 22.7. The first-order chi connectivity index (χ1) is 15.5. The molecule has 0 spiro atoms. The van der Waals surface area contributed by atoms with Gasteiger partial charge in [0.1, 0.15) is 12.8 Å². The van der Waals surface area contributed by atoms with Crippen LogP contribution in [0.25, 0.3) is 11.1 Å². The number of benzene rings is 2. The van der Waals surface area contributed by atoms with E-state index in [0.29, 0.717) is 0 Å². The van der Waals surface area contributed by atoms with Crippen molar-refractivity contribution in [3.63, 3.8) is 0 Å². The summed E-state index contributed by atoms with van der Waals surface area (Å²) in [4.78, 5) is 28.2. The van der Waals surface area contributed by atoms with Crippen LogP contribution in [0.3, 0.4) is 0 Å². The molecule has 32 heavy (non-hydrogen) atoms. The van der Waals surface area contributed by atoms with Crippen LogP contribution in [0.1, 0.15) is 35.4 Å². The molecule has 2 unspecified atom stereocenters. The summed E-state index contributed by atoms with van der Waals surface area (Å²) in [6.45, 7) is 0.207. The number of hydrogen-bond donors (Lipinski definition) is 4. The monoisotopic (exact) mass is 438 g/mol. The number of H-pyrrole nitrogens is 1. The number of fused-ring (bicyclic) bond motifs is 3. The first-order valence-electron chi connectivity index (χ1n) is 10.1. The van der Waals surface area contributed by atoms with Crippen LogP contribution >= 0.6 is 0 Å². The van der Waals surface area contributed by atoms with E-state index in [1.807, 2.05) is 36.4 Å². The van der Waals surface area contributed by atoms with Crippen LogP contribution in [0.5, 0.6) is 0 Å². The van der Waals surface area contributed by atoms with Crippen molar-refractivity contribution in [3.8, 4) is 11.1 Å². The fourth-order valence-electron chi connectivity index (χ4n) is 3.88. The molecule has 0 radical (unpaired) electrons. The zero-order valence-corrected chi connectivity index (χ0v) is 17.0. The Bertz CT molecular complexity index is 1090. The Labute approximate surface area is 183 Å². The van der Waals surface area contributed by atoms with Crippen molar-refractivity contribution >= 4 is 11.9 Å². The molecule has 0 fully saturated rings. The summed E-state index contributed by atoms with van der Waals surface area (Å²) in [5.74, 6) is -0.566. The van der Waals surface area contributed by atoms with Gasteiger partial charge in [0, 0.05) is 12.5 Å². The SMILES string of the molecule is O=C(NCCC(O)C(O)c1ncc([N+](=O)[O-])[nH]1)OCC1c2ccccc2-c2ccccc21. The van der Waals surface area contributed by atoms with E-state index >= 15 is 0 Å². The molecule has 10 nitrogen and oxygen atoms in total. The van der Waals surface area contributed by atoms with Crippen LogP contribution < -0.4 is 5.32 Å². The van der Waals surface area contributed by atoms with E-state index < -0.39 is 23.2 Å². The van der Waals surface area contributed by atoms with Gasteiger partial charge < -0.3 is 30.4 Å². The van der Waals surface area contributed by atoms with Crippen LogP contribution in [0, 0.1) is 10.1 Å². The highest BCUT2D eigenvalue weighted by atomic mass is 16.6. The average Bonchev–Trinajstić information content (AvgIpc) is 3.41. The van der Waals surface area contributed by atoms with E-state index in [1.54, 1.807) is 0 Å². The van der Waals surface area contributed by atoms with Gasteiger partial charge in [0.05, 0.1) is 6.10 Å². The Morgan fingerprint density at radius 3 is 2.38 bits per heavy atom. The van der Waals surface area contributed by atoms with Crippen molar-refractivity contribution in [2.45, 2.75) is 24.5 Å². The Kier molecular flexibility index (Phi) is 6.15. The predicted octanol–water partition coefficient (Wildman–Crippen LogP) is 2.64. The average molecular weight is 438 g/mol. The Balaban J connectivity index is 1.27. The van der Waals surface area contributed by atoms with Gasteiger partial charge in [-0.05, 0) is 33.6 Å².